The first-order valence-corrected chi connectivity index (χ1v) is 7.10. The van der Waals surface area contributed by atoms with Gasteiger partial charge in [0.25, 0.3) is 0 Å². The van der Waals surface area contributed by atoms with Gasteiger partial charge in [-0.05, 0) is 33.6 Å². The summed E-state index contributed by atoms with van der Waals surface area (Å²) in [4.78, 5) is 16.3. The molecule has 0 saturated carbocycles. The molecule has 0 spiro atoms. The van der Waals surface area contributed by atoms with Gasteiger partial charge in [-0.3, -0.25) is 0 Å². The van der Waals surface area contributed by atoms with Crippen molar-refractivity contribution in [3.63, 3.8) is 0 Å². The van der Waals surface area contributed by atoms with Gasteiger partial charge in [0.15, 0.2) is 5.69 Å². The Morgan fingerprint density at radius 3 is 2.72 bits per heavy atom. The van der Waals surface area contributed by atoms with E-state index in [0.29, 0.717) is 11.6 Å². The van der Waals surface area contributed by atoms with E-state index in [1.165, 1.54) is 0 Å². The van der Waals surface area contributed by atoms with Gasteiger partial charge < -0.3 is 9.47 Å². The second-order valence-corrected chi connectivity index (χ2v) is 6.35. The molecule has 100 valence electrons. The maximum atomic E-state index is 11.9. The lowest BCUT2D eigenvalue weighted by Gasteiger charge is -2.20. The van der Waals surface area contributed by atoms with Crippen molar-refractivity contribution >= 4 is 17.3 Å². The second-order valence-electron chi connectivity index (χ2n) is 5.46. The summed E-state index contributed by atoms with van der Waals surface area (Å²) in [5.41, 5.74) is -0.0454. The van der Waals surface area contributed by atoms with Crippen LogP contribution >= 0.6 is 11.3 Å². The first-order chi connectivity index (χ1) is 8.46. The van der Waals surface area contributed by atoms with Gasteiger partial charge in [-0.2, -0.15) is 0 Å². The lowest BCUT2D eigenvalue weighted by atomic mass is 10.0. The summed E-state index contributed by atoms with van der Waals surface area (Å²) in [5, 5.41) is 2.82. The molecule has 2 heterocycles. The molecule has 0 aromatic carbocycles. The predicted octanol–water partition coefficient (Wildman–Crippen LogP) is 2.99. The van der Waals surface area contributed by atoms with Gasteiger partial charge in [0, 0.05) is 24.5 Å². The Morgan fingerprint density at radius 1 is 1.44 bits per heavy atom. The molecule has 1 aromatic rings. The molecule has 0 amide bonds. The van der Waals surface area contributed by atoms with Crippen molar-refractivity contribution in [2.45, 2.75) is 45.1 Å². The lowest BCUT2D eigenvalue weighted by molar-refractivity contribution is 0.00633. The van der Waals surface area contributed by atoms with Crippen LogP contribution in [0, 0.1) is 0 Å². The Hall–Kier alpha value is -0.940. The number of ether oxygens (including phenoxy) is 2. The van der Waals surface area contributed by atoms with Gasteiger partial charge in [-0.25, -0.2) is 9.78 Å². The van der Waals surface area contributed by atoms with E-state index in [2.05, 4.69) is 4.98 Å². The SMILES string of the molecule is CC(C)(C)OC(=O)c1csc(C2CCOCC2)n1. The monoisotopic (exact) mass is 269 g/mol. The molecule has 0 radical (unpaired) electrons. The van der Waals surface area contributed by atoms with Crippen molar-refractivity contribution in [3.05, 3.63) is 16.1 Å². The van der Waals surface area contributed by atoms with Gasteiger partial charge in [0.2, 0.25) is 0 Å². The highest BCUT2D eigenvalue weighted by Crippen LogP contribution is 2.29. The van der Waals surface area contributed by atoms with Crippen molar-refractivity contribution in [2.24, 2.45) is 0 Å². The number of carbonyl (C=O) groups is 1. The number of thiazole rings is 1. The van der Waals surface area contributed by atoms with Crippen molar-refractivity contribution in [1.82, 2.24) is 4.98 Å². The summed E-state index contributed by atoms with van der Waals surface area (Å²) in [6.07, 6.45) is 1.97. The minimum absolute atomic E-state index is 0.336. The summed E-state index contributed by atoms with van der Waals surface area (Å²) in [6, 6.07) is 0. The molecular formula is C13H19NO3S. The molecule has 0 unspecified atom stereocenters. The van der Waals surface area contributed by atoms with Crippen LogP contribution in [0.2, 0.25) is 0 Å². The summed E-state index contributed by atoms with van der Waals surface area (Å²) < 4.78 is 10.6. The normalized spacial score (nSPS) is 17.7. The van der Waals surface area contributed by atoms with Crippen LogP contribution < -0.4 is 0 Å². The minimum Gasteiger partial charge on any atom is -0.455 e. The Kier molecular flexibility index (Phi) is 4.02. The van der Waals surface area contributed by atoms with Crippen LogP contribution in [0.4, 0.5) is 0 Å². The van der Waals surface area contributed by atoms with E-state index < -0.39 is 5.60 Å². The zero-order chi connectivity index (χ0) is 13.2. The van der Waals surface area contributed by atoms with Crippen LogP contribution in [-0.2, 0) is 9.47 Å². The van der Waals surface area contributed by atoms with Crippen LogP contribution in [0.5, 0.6) is 0 Å². The fourth-order valence-electron chi connectivity index (χ4n) is 1.84. The molecule has 18 heavy (non-hydrogen) atoms. The van der Waals surface area contributed by atoms with E-state index in [0.717, 1.165) is 31.1 Å². The minimum atomic E-state index is -0.473. The summed E-state index contributed by atoms with van der Waals surface area (Å²) in [7, 11) is 0. The van der Waals surface area contributed by atoms with Gasteiger partial charge in [0.05, 0.1) is 5.01 Å². The van der Waals surface area contributed by atoms with Gasteiger partial charge in [0.1, 0.15) is 5.60 Å². The predicted molar refractivity (Wildman–Crippen MR) is 70.1 cm³/mol. The quantitative estimate of drug-likeness (QED) is 0.774. The molecule has 4 nitrogen and oxygen atoms in total. The summed E-state index contributed by atoms with van der Waals surface area (Å²) in [6.45, 7) is 7.14. The average Bonchev–Trinajstić information content (AvgIpc) is 2.77. The lowest BCUT2D eigenvalue weighted by Crippen LogP contribution is -2.24. The van der Waals surface area contributed by atoms with Gasteiger partial charge in [-0.1, -0.05) is 0 Å². The first kappa shape index (κ1) is 13.5. The molecule has 0 N–H and O–H groups in total. The van der Waals surface area contributed by atoms with Crippen LogP contribution in [0.1, 0.15) is 55.0 Å². The highest BCUT2D eigenvalue weighted by Gasteiger charge is 2.23. The van der Waals surface area contributed by atoms with E-state index in [9.17, 15) is 4.79 Å². The second kappa shape index (κ2) is 5.36. The molecule has 1 aromatic heterocycles. The molecule has 1 fully saturated rings. The third-order valence-corrected chi connectivity index (χ3v) is 3.71. The Balaban J connectivity index is 2.03. The standard InChI is InChI=1S/C13H19NO3S/c1-13(2,3)17-12(15)10-8-18-11(14-10)9-4-6-16-7-5-9/h8-9H,4-7H2,1-3H3. The van der Waals surface area contributed by atoms with Crippen molar-refractivity contribution in [3.8, 4) is 0 Å². The molecule has 1 aliphatic rings. The summed E-state index contributed by atoms with van der Waals surface area (Å²) in [5.74, 6) is 0.0944. The maximum absolute atomic E-state index is 11.9. The number of esters is 1. The van der Waals surface area contributed by atoms with Crippen LogP contribution in [0.3, 0.4) is 0 Å². The van der Waals surface area contributed by atoms with Gasteiger partial charge in [-0.15, -0.1) is 11.3 Å². The number of hydrogen-bond donors (Lipinski definition) is 0. The molecule has 1 aliphatic heterocycles. The topological polar surface area (TPSA) is 48.4 Å². The molecule has 5 heteroatoms. The first-order valence-electron chi connectivity index (χ1n) is 6.22. The number of nitrogens with zero attached hydrogens (tertiary/aromatic N) is 1. The number of rotatable bonds is 2. The highest BCUT2D eigenvalue weighted by molar-refractivity contribution is 7.09. The zero-order valence-corrected chi connectivity index (χ0v) is 11.9. The van der Waals surface area contributed by atoms with Crippen molar-refractivity contribution < 1.29 is 14.3 Å². The maximum Gasteiger partial charge on any atom is 0.358 e. The third-order valence-electron chi connectivity index (χ3n) is 2.70. The molecule has 0 bridgehead atoms. The number of hydrogen-bond acceptors (Lipinski definition) is 5. The molecule has 1 saturated heterocycles. The van der Waals surface area contributed by atoms with E-state index >= 15 is 0 Å². The highest BCUT2D eigenvalue weighted by atomic mass is 32.1. The molecule has 2 rings (SSSR count). The molecule has 0 atom stereocenters. The fraction of sp³-hybridized carbons (Fsp3) is 0.692. The average molecular weight is 269 g/mol. The fourth-order valence-corrected chi connectivity index (χ4v) is 2.80. The van der Waals surface area contributed by atoms with E-state index in [1.807, 2.05) is 20.8 Å². The number of aromatic nitrogens is 1. The zero-order valence-electron chi connectivity index (χ0n) is 11.1. The number of carbonyl (C=O) groups excluding carboxylic acids is 1. The van der Waals surface area contributed by atoms with Crippen LogP contribution in [0.25, 0.3) is 0 Å². The van der Waals surface area contributed by atoms with E-state index in [4.69, 9.17) is 9.47 Å². The van der Waals surface area contributed by atoms with Crippen LogP contribution in [0.15, 0.2) is 5.38 Å². The Labute approximate surface area is 111 Å². The Morgan fingerprint density at radius 2 is 2.11 bits per heavy atom. The smallest absolute Gasteiger partial charge is 0.358 e. The van der Waals surface area contributed by atoms with E-state index in [-0.39, 0.29) is 5.97 Å². The molecular weight excluding hydrogens is 250 g/mol. The molecule has 0 aliphatic carbocycles. The van der Waals surface area contributed by atoms with E-state index in [1.54, 1.807) is 16.7 Å². The Bertz CT molecular complexity index is 416. The third kappa shape index (κ3) is 3.53. The summed E-state index contributed by atoms with van der Waals surface area (Å²) >= 11 is 1.54. The van der Waals surface area contributed by atoms with Gasteiger partial charge >= 0.3 is 5.97 Å². The largest absolute Gasteiger partial charge is 0.455 e. The van der Waals surface area contributed by atoms with Crippen molar-refractivity contribution in [2.75, 3.05) is 13.2 Å². The van der Waals surface area contributed by atoms with Crippen molar-refractivity contribution in [1.29, 1.82) is 0 Å². The van der Waals surface area contributed by atoms with Crippen LogP contribution in [-0.4, -0.2) is 29.8 Å².